The van der Waals surface area contributed by atoms with E-state index in [1.807, 2.05) is 0 Å². The van der Waals surface area contributed by atoms with Gasteiger partial charge in [-0.1, -0.05) is 59.4 Å². The maximum Gasteiger partial charge on any atom is 4.00 e. The molecular formula is C18H32SiTi. The van der Waals surface area contributed by atoms with Crippen LogP contribution in [0, 0.1) is 29.2 Å². The standard InChI is InChI=1S/C15H23Si.3CH3.Ti/c1-11-9-12(10-16-15(2,3)4)14-8-6-5-7-13(11)14;;;;/h9H,5-8,10H2,1-4H3;3*1H3;/q4*-1;+4. The molecule has 2 radical (unpaired) electrons. The van der Waals surface area contributed by atoms with Crippen molar-refractivity contribution in [1.82, 2.24) is 0 Å². The first-order chi connectivity index (χ1) is 7.47. The first-order valence-corrected chi connectivity index (χ1v) is 7.70. The number of fused-ring (bicyclic) bond motifs is 1. The zero-order chi connectivity index (χ0) is 11.8. The maximum absolute atomic E-state index is 2.47. The number of rotatable bonds is 2. The molecule has 0 spiro atoms. The number of hydrogen-bond donors (Lipinski definition) is 0. The van der Waals surface area contributed by atoms with E-state index in [1.54, 1.807) is 22.3 Å². The Bertz CT molecular complexity index is 372. The van der Waals surface area contributed by atoms with Crippen LogP contribution >= 0.6 is 0 Å². The van der Waals surface area contributed by atoms with Crippen molar-refractivity contribution in [1.29, 1.82) is 0 Å². The fourth-order valence-electron chi connectivity index (χ4n) is 2.65. The zero-order valence-corrected chi connectivity index (χ0v) is 17.2. The van der Waals surface area contributed by atoms with Gasteiger partial charge in [0, 0.05) is 9.52 Å². The minimum atomic E-state index is 0. The number of hydrogen-bond acceptors (Lipinski definition) is 0. The third-order valence-electron chi connectivity index (χ3n) is 3.53. The Hall–Kier alpha value is 0.281. The molecule has 0 bridgehead atoms. The first-order valence-electron chi connectivity index (χ1n) is 6.49. The van der Waals surface area contributed by atoms with Gasteiger partial charge in [0.25, 0.3) is 0 Å². The van der Waals surface area contributed by atoms with Crippen LogP contribution in [0.3, 0.4) is 0 Å². The van der Waals surface area contributed by atoms with E-state index in [9.17, 15) is 0 Å². The SMILES string of the molecule is Cc1c[c-](C[Si]C(C)(C)C)c2c1CCCC2.[CH3-].[CH3-].[CH3-].[Ti+4]. The molecule has 0 saturated carbocycles. The van der Waals surface area contributed by atoms with Crippen molar-refractivity contribution in [3.8, 4) is 0 Å². The third-order valence-corrected chi connectivity index (χ3v) is 5.15. The summed E-state index contributed by atoms with van der Waals surface area (Å²) < 4.78 is 0. The first kappa shape index (κ1) is 25.2. The Morgan fingerprint density at radius 3 is 2.20 bits per heavy atom. The van der Waals surface area contributed by atoms with Crippen molar-refractivity contribution in [2.24, 2.45) is 0 Å². The molecule has 2 heteroatoms. The molecule has 0 nitrogen and oxygen atoms in total. The molecule has 0 atom stereocenters. The van der Waals surface area contributed by atoms with E-state index in [1.165, 1.54) is 31.7 Å². The van der Waals surface area contributed by atoms with Gasteiger partial charge >= 0.3 is 21.7 Å². The zero-order valence-electron chi connectivity index (χ0n) is 14.6. The smallest absolute Gasteiger partial charge is 0.358 e. The maximum atomic E-state index is 2.47. The molecule has 0 N–H and O–H groups in total. The molecule has 0 fully saturated rings. The molecule has 20 heavy (non-hydrogen) atoms. The molecule has 0 aromatic heterocycles. The van der Waals surface area contributed by atoms with E-state index in [0.29, 0.717) is 5.04 Å². The quantitative estimate of drug-likeness (QED) is 0.507. The second-order valence-corrected chi connectivity index (χ2v) is 8.33. The Morgan fingerprint density at radius 2 is 1.65 bits per heavy atom. The van der Waals surface area contributed by atoms with Gasteiger partial charge in [-0.3, -0.25) is 0 Å². The van der Waals surface area contributed by atoms with Crippen LogP contribution < -0.4 is 0 Å². The normalized spacial score (nSPS) is 13.0. The van der Waals surface area contributed by atoms with Crippen LogP contribution in [-0.2, 0) is 40.6 Å². The Kier molecular flexibility index (Phi) is 12.7. The summed E-state index contributed by atoms with van der Waals surface area (Å²) in [5.41, 5.74) is 6.64. The summed E-state index contributed by atoms with van der Waals surface area (Å²) in [6.45, 7) is 9.36. The molecule has 0 unspecified atom stereocenters. The van der Waals surface area contributed by atoms with Crippen molar-refractivity contribution < 1.29 is 21.7 Å². The van der Waals surface area contributed by atoms with Crippen molar-refractivity contribution in [2.45, 2.75) is 64.5 Å². The molecule has 0 aliphatic heterocycles. The molecule has 1 aliphatic carbocycles. The fraction of sp³-hybridized carbons (Fsp3) is 0.556. The summed E-state index contributed by atoms with van der Waals surface area (Å²) in [6, 6.07) is 3.77. The van der Waals surface area contributed by atoms with Crippen molar-refractivity contribution >= 4 is 9.52 Å². The number of aryl methyl sites for hydroxylation is 1. The van der Waals surface area contributed by atoms with E-state index in [2.05, 4.69) is 33.8 Å². The third kappa shape index (κ3) is 6.37. The van der Waals surface area contributed by atoms with Crippen molar-refractivity contribution in [3.05, 3.63) is 50.6 Å². The van der Waals surface area contributed by atoms with Gasteiger partial charge in [0.05, 0.1) is 0 Å². The van der Waals surface area contributed by atoms with Crippen molar-refractivity contribution in [2.75, 3.05) is 0 Å². The predicted molar refractivity (Wildman–Crippen MR) is 91.8 cm³/mol. The summed E-state index contributed by atoms with van der Waals surface area (Å²) in [6.07, 6.45) is 5.48. The molecule has 0 heterocycles. The van der Waals surface area contributed by atoms with Gasteiger partial charge in [0.1, 0.15) is 0 Å². The van der Waals surface area contributed by atoms with Crippen LogP contribution in [-0.4, -0.2) is 9.52 Å². The van der Waals surface area contributed by atoms with Gasteiger partial charge in [0.2, 0.25) is 0 Å². The second-order valence-electron chi connectivity index (χ2n) is 6.12. The summed E-state index contributed by atoms with van der Waals surface area (Å²) >= 11 is 0. The molecule has 0 saturated heterocycles. The van der Waals surface area contributed by atoms with Gasteiger partial charge < -0.3 is 22.3 Å². The minimum Gasteiger partial charge on any atom is -0.358 e. The largest absolute Gasteiger partial charge is 4.00 e. The van der Waals surface area contributed by atoms with Crippen LogP contribution in [0.15, 0.2) is 6.07 Å². The van der Waals surface area contributed by atoms with Crippen molar-refractivity contribution in [3.63, 3.8) is 0 Å². The molecular weight excluding hydrogens is 292 g/mol. The molecule has 1 aromatic carbocycles. The summed E-state index contributed by atoms with van der Waals surface area (Å²) in [4.78, 5) is 0. The monoisotopic (exact) mass is 324 g/mol. The van der Waals surface area contributed by atoms with Crippen LogP contribution in [0.4, 0.5) is 0 Å². The average molecular weight is 324 g/mol. The minimum absolute atomic E-state index is 0. The molecule has 1 aromatic rings. The Balaban J connectivity index is -0.000000722. The van der Waals surface area contributed by atoms with E-state index in [4.69, 9.17) is 0 Å². The van der Waals surface area contributed by atoms with Crippen LogP contribution in [0.5, 0.6) is 0 Å². The van der Waals surface area contributed by atoms with E-state index in [-0.39, 0.29) is 44.0 Å². The molecule has 2 rings (SSSR count). The second kappa shape index (κ2) is 10.1. The van der Waals surface area contributed by atoms with Gasteiger partial charge in [-0.2, -0.15) is 28.3 Å². The van der Waals surface area contributed by atoms with Gasteiger partial charge in [-0.25, -0.2) is 0 Å². The van der Waals surface area contributed by atoms with Gasteiger partial charge in [-0.15, -0.1) is 0 Å². The van der Waals surface area contributed by atoms with Crippen LogP contribution in [0.2, 0.25) is 5.04 Å². The molecule has 1 aliphatic rings. The van der Waals surface area contributed by atoms with E-state index in [0.717, 1.165) is 9.52 Å². The van der Waals surface area contributed by atoms with Gasteiger partial charge in [0.15, 0.2) is 0 Å². The van der Waals surface area contributed by atoms with Crippen LogP contribution in [0.25, 0.3) is 0 Å². The summed E-state index contributed by atoms with van der Waals surface area (Å²) in [5, 5.41) is 0.493. The topological polar surface area (TPSA) is 0 Å². The average Bonchev–Trinajstić information content (AvgIpc) is 2.53. The van der Waals surface area contributed by atoms with Crippen LogP contribution in [0.1, 0.15) is 55.9 Å². The summed E-state index contributed by atoms with van der Waals surface area (Å²) in [7, 11) is 1.05. The predicted octanol–water partition coefficient (Wildman–Crippen LogP) is 5.36. The summed E-state index contributed by atoms with van der Waals surface area (Å²) in [5.74, 6) is 0. The van der Waals surface area contributed by atoms with Gasteiger partial charge in [-0.05, 0) is 5.04 Å². The van der Waals surface area contributed by atoms with E-state index >= 15 is 0 Å². The fourth-order valence-corrected chi connectivity index (χ4v) is 3.68. The molecule has 112 valence electrons. The Morgan fingerprint density at radius 1 is 1.10 bits per heavy atom. The van der Waals surface area contributed by atoms with E-state index < -0.39 is 0 Å². The Labute approximate surface area is 146 Å². The molecule has 0 amide bonds.